The number of carbonyl (C=O) groups excluding carboxylic acids is 1. The molecule has 29 heavy (non-hydrogen) atoms. The third kappa shape index (κ3) is 2.77. The molecule has 4 heterocycles. The number of carbonyl (C=O) groups is 1. The molecule has 3 atom stereocenters. The number of nitrogens with zero attached hydrogens (tertiary/aromatic N) is 3. The summed E-state index contributed by atoms with van der Waals surface area (Å²) in [7, 11) is 0. The number of aliphatic hydroxyl groups excluding tert-OH is 1. The Morgan fingerprint density at radius 1 is 1.24 bits per heavy atom. The highest BCUT2D eigenvalue weighted by Gasteiger charge is 2.57. The van der Waals surface area contributed by atoms with E-state index in [2.05, 4.69) is 17.1 Å². The van der Waals surface area contributed by atoms with E-state index in [1.807, 2.05) is 31.2 Å². The van der Waals surface area contributed by atoms with Crippen molar-refractivity contribution in [2.45, 2.75) is 44.7 Å². The first-order valence-electron chi connectivity index (χ1n) is 10.1. The van der Waals surface area contributed by atoms with Crippen LogP contribution in [0.15, 0.2) is 48.7 Å². The van der Waals surface area contributed by atoms with Crippen molar-refractivity contribution < 1.29 is 14.3 Å². The second-order valence-corrected chi connectivity index (χ2v) is 8.53. The number of aryl methyl sites for hydroxylation is 1. The normalized spacial score (nSPS) is 25.8. The SMILES string of the molecule is Cc1ccc2nc(C(=O)N3[C@@H]4CC[C@H]3[C@](CO)(Cc3ccccc3)C4)c(F)n2c1. The fourth-order valence-electron chi connectivity index (χ4n) is 5.40. The molecule has 0 unspecified atom stereocenters. The summed E-state index contributed by atoms with van der Waals surface area (Å²) in [4.78, 5) is 19.5. The summed E-state index contributed by atoms with van der Waals surface area (Å²) < 4.78 is 16.3. The molecule has 1 N–H and O–H groups in total. The predicted octanol–water partition coefficient (Wildman–Crippen LogP) is 3.38. The maximum atomic E-state index is 15.0. The zero-order valence-corrected chi connectivity index (χ0v) is 16.4. The fourth-order valence-corrected chi connectivity index (χ4v) is 5.40. The molecule has 2 bridgehead atoms. The minimum Gasteiger partial charge on any atom is -0.396 e. The molecule has 150 valence electrons. The maximum Gasteiger partial charge on any atom is 0.277 e. The summed E-state index contributed by atoms with van der Waals surface area (Å²) in [5.74, 6) is -0.975. The standard InChI is InChI=1S/C23H24FN3O2/c1-15-7-10-19-25-20(21(24)26(19)13-15)22(29)27-17-8-9-18(27)23(12-17,14-28)11-16-5-3-2-4-6-16/h2-7,10,13,17-18,28H,8-9,11-12,14H2,1H3/t17-,18+,23-/m1/s1. The van der Waals surface area contributed by atoms with Crippen molar-refractivity contribution in [3.8, 4) is 0 Å². The molecule has 2 aromatic heterocycles. The number of rotatable bonds is 4. The van der Waals surface area contributed by atoms with Gasteiger partial charge in [-0.2, -0.15) is 4.39 Å². The molecule has 5 nitrogen and oxygen atoms in total. The predicted molar refractivity (Wildman–Crippen MR) is 107 cm³/mol. The second-order valence-electron chi connectivity index (χ2n) is 8.53. The Bertz CT molecular complexity index is 1080. The molecule has 1 aromatic carbocycles. The van der Waals surface area contributed by atoms with Crippen LogP contribution in [0.2, 0.25) is 0 Å². The average molecular weight is 393 g/mol. The van der Waals surface area contributed by atoms with Crippen LogP contribution in [-0.4, -0.2) is 44.0 Å². The van der Waals surface area contributed by atoms with Crippen LogP contribution in [0.25, 0.3) is 5.65 Å². The summed E-state index contributed by atoms with van der Waals surface area (Å²) in [5.41, 5.74) is 1.97. The lowest BCUT2D eigenvalue weighted by molar-refractivity contribution is 0.0563. The van der Waals surface area contributed by atoms with Crippen molar-refractivity contribution in [1.29, 1.82) is 0 Å². The van der Waals surface area contributed by atoms with Crippen molar-refractivity contribution in [2.24, 2.45) is 5.41 Å². The molecule has 0 aliphatic carbocycles. The van der Waals surface area contributed by atoms with Gasteiger partial charge in [0, 0.05) is 23.7 Å². The lowest BCUT2D eigenvalue weighted by atomic mass is 9.70. The molecule has 0 radical (unpaired) electrons. The highest BCUT2D eigenvalue weighted by molar-refractivity contribution is 5.94. The van der Waals surface area contributed by atoms with Gasteiger partial charge in [0.25, 0.3) is 5.91 Å². The van der Waals surface area contributed by atoms with Crippen LogP contribution in [0.4, 0.5) is 4.39 Å². The van der Waals surface area contributed by atoms with Crippen molar-refractivity contribution in [3.05, 3.63) is 71.4 Å². The first-order chi connectivity index (χ1) is 14.0. The van der Waals surface area contributed by atoms with Gasteiger partial charge in [0.15, 0.2) is 5.69 Å². The van der Waals surface area contributed by atoms with Crippen molar-refractivity contribution in [1.82, 2.24) is 14.3 Å². The van der Waals surface area contributed by atoms with Gasteiger partial charge in [0.2, 0.25) is 5.95 Å². The number of pyridine rings is 1. The molecule has 6 heteroatoms. The zero-order valence-electron chi connectivity index (χ0n) is 16.4. The molecule has 5 rings (SSSR count). The molecule has 0 spiro atoms. The van der Waals surface area contributed by atoms with Gasteiger partial charge < -0.3 is 10.0 Å². The maximum absolute atomic E-state index is 15.0. The number of imidazole rings is 1. The van der Waals surface area contributed by atoms with Gasteiger partial charge in [-0.25, -0.2) is 4.98 Å². The minimum absolute atomic E-state index is 0.0136. The highest BCUT2D eigenvalue weighted by atomic mass is 19.1. The largest absolute Gasteiger partial charge is 0.396 e. The number of hydrogen-bond acceptors (Lipinski definition) is 3. The van der Waals surface area contributed by atoms with Crippen LogP contribution in [-0.2, 0) is 6.42 Å². The van der Waals surface area contributed by atoms with E-state index in [9.17, 15) is 9.90 Å². The van der Waals surface area contributed by atoms with Crippen LogP contribution in [0.5, 0.6) is 0 Å². The Labute approximate surface area is 168 Å². The molecule has 2 aliphatic rings. The van der Waals surface area contributed by atoms with Crippen molar-refractivity contribution in [3.63, 3.8) is 0 Å². The molecule has 2 saturated heterocycles. The number of amides is 1. The number of hydrogen-bond donors (Lipinski definition) is 1. The first kappa shape index (κ1) is 18.3. The summed E-state index contributed by atoms with van der Waals surface area (Å²) in [6, 6.07) is 13.6. The van der Waals surface area contributed by atoms with Crippen LogP contribution >= 0.6 is 0 Å². The summed E-state index contributed by atoms with van der Waals surface area (Å²) in [5, 5.41) is 10.3. The number of benzene rings is 1. The number of halogens is 1. The van der Waals surface area contributed by atoms with E-state index in [-0.39, 0.29) is 35.7 Å². The Morgan fingerprint density at radius 3 is 2.79 bits per heavy atom. The Balaban J connectivity index is 1.49. The summed E-state index contributed by atoms with van der Waals surface area (Å²) >= 11 is 0. The number of aromatic nitrogens is 2. The molecule has 3 aromatic rings. The second kappa shape index (κ2) is 6.66. The van der Waals surface area contributed by atoms with E-state index in [0.717, 1.165) is 30.4 Å². The number of fused-ring (bicyclic) bond motifs is 3. The number of aliphatic hydroxyl groups is 1. The van der Waals surface area contributed by atoms with Gasteiger partial charge in [-0.05, 0) is 49.8 Å². The van der Waals surface area contributed by atoms with Crippen molar-refractivity contribution >= 4 is 11.6 Å². The van der Waals surface area contributed by atoms with Crippen LogP contribution < -0.4 is 0 Å². The zero-order chi connectivity index (χ0) is 20.2. The van der Waals surface area contributed by atoms with Crippen LogP contribution in [0.3, 0.4) is 0 Å². The Hall–Kier alpha value is -2.73. The highest BCUT2D eigenvalue weighted by Crippen LogP contribution is 2.51. The van der Waals surface area contributed by atoms with Gasteiger partial charge in [-0.3, -0.25) is 9.20 Å². The summed E-state index contributed by atoms with van der Waals surface area (Å²) in [6.07, 6.45) is 4.82. The van der Waals surface area contributed by atoms with Crippen LogP contribution in [0.1, 0.15) is 40.9 Å². The van der Waals surface area contributed by atoms with Crippen molar-refractivity contribution in [2.75, 3.05) is 6.61 Å². The van der Waals surface area contributed by atoms with Crippen LogP contribution in [0, 0.1) is 18.3 Å². The van der Waals surface area contributed by atoms with E-state index in [4.69, 9.17) is 0 Å². The quantitative estimate of drug-likeness (QED) is 0.739. The third-order valence-corrected chi connectivity index (χ3v) is 6.71. The Kier molecular flexibility index (Phi) is 4.21. The van der Waals surface area contributed by atoms with Gasteiger partial charge >= 0.3 is 0 Å². The molecular weight excluding hydrogens is 369 g/mol. The van der Waals surface area contributed by atoms with E-state index in [1.54, 1.807) is 17.2 Å². The molecule has 2 fully saturated rings. The molecular formula is C23H24FN3O2. The minimum atomic E-state index is -0.613. The monoisotopic (exact) mass is 393 g/mol. The fraction of sp³-hybridized carbons (Fsp3) is 0.391. The summed E-state index contributed by atoms with van der Waals surface area (Å²) in [6.45, 7) is 1.89. The van der Waals surface area contributed by atoms with E-state index in [0.29, 0.717) is 12.1 Å². The Morgan fingerprint density at radius 2 is 2.03 bits per heavy atom. The van der Waals surface area contributed by atoms with Gasteiger partial charge in [-0.1, -0.05) is 36.4 Å². The molecule has 0 saturated carbocycles. The lowest BCUT2D eigenvalue weighted by Crippen LogP contribution is -2.44. The van der Waals surface area contributed by atoms with Gasteiger partial charge in [0.05, 0.1) is 6.61 Å². The topological polar surface area (TPSA) is 57.8 Å². The smallest absolute Gasteiger partial charge is 0.277 e. The molecule has 1 amide bonds. The first-order valence-corrected chi connectivity index (χ1v) is 10.1. The average Bonchev–Trinajstić information content (AvgIpc) is 3.38. The van der Waals surface area contributed by atoms with E-state index in [1.165, 1.54) is 4.40 Å². The van der Waals surface area contributed by atoms with E-state index < -0.39 is 5.95 Å². The van der Waals surface area contributed by atoms with Gasteiger partial charge in [0.1, 0.15) is 5.65 Å². The third-order valence-electron chi connectivity index (χ3n) is 6.71. The van der Waals surface area contributed by atoms with E-state index >= 15 is 4.39 Å². The lowest BCUT2D eigenvalue weighted by Gasteiger charge is -2.36. The molecule has 2 aliphatic heterocycles. The van der Waals surface area contributed by atoms with Gasteiger partial charge in [-0.15, -0.1) is 0 Å².